The molecule has 0 aromatic heterocycles. The minimum absolute atomic E-state index is 0.0205. The van der Waals surface area contributed by atoms with Crippen LogP contribution in [-0.2, 0) is 0 Å². The van der Waals surface area contributed by atoms with E-state index in [4.69, 9.17) is 0 Å². The minimum Gasteiger partial charge on any atom is -0.311 e. The van der Waals surface area contributed by atoms with Crippen molar-refractivity contribution in [1.82, 2.24) is 0 Å². The fourth-order valence-electron chi connectivity index (χ4n) is 6.68. The molecule has 3 nitrogen and oxygen atoms in total. The fourth-order valence-corrected chi connectivity index (χ4v) is 6.68. The van der Waals surface area contributed by atoms with Gasteiger partial charge in [-0.25, -0.2) is 0 Å². The molecule has 0 aliphatic heterocycles. The Hall–Kier alpha value is -5.93. The van der Waals surface area contributed by atoms with Crippen LogP contribution in [0.15, 0.2) is 180 Å². The monoisotopic (exact) mass is 592 g/mol. The van der Waals surface area contributed by atoms with Gasteiger partial charge in [0.2, 0.25) is 0 Å². The number of anilines is 5. The van der Waals surface area contributed by atoms with E-state index in [2.05, 4.69) is 137 Å². The molecular weight excluding hydrogens is 560 g/mol. The van der Waals surface area contributed by atoms with Gasteiger partial charge in [-0.3, -0.25) is 4.79 Å². The molecule has 0 unspecified atom stereocenters. The van der Waals surface area contributed by atoms with Crippen LogP contribution in [0.3, 0.4) is 0 Å². The SMILES string of the molecule is O=c1c2cc(N(C3=CCCC=C3)c3ccccc3)ccc2c2ccccc2c2ccc(N(c3ccccc3)c3ccccc3)cc12. The number of hydrogen-bond donors (Lipinski definition) is 0. The Morgan fingerprint density at radius 2 is 0.826 bits per heavy atom. The molecule has 46 heavy (non-hydrogen) atoms. The van der Waals surface area contributed by atoms with Crippen molar-refractivity contribution in [2.24, 2.45) is 0 Å². The summed E-state index contributed by atoms with van der Waals surface area (Å²) in [6.07, 6.45) is 8.70. The molecule has 8 rings (SSSR count). The summed E-state index contributed by atoms with van der Waals surface area (Å²) >= 11 is 0. The lowest BCUT2D eigenvalue weighted by molar-refractivity contribution is 0.997. The number of hydrogen-bond acceptors (Lipinski definition) is 3. The van der Waals surface area contributed by atoms with E-state index in [-0.39, 0.29) is 5.43 Å². The Balaban J connectivity index is 1.41. The highest BCUT2D eigenvalue weighted by atomic mass is 16.1. The van der Waals surface area contributed by atoms with E-state index in [1.807, 2.05) is 42.5 Å². The molecule has 1 aliphatic rings. The molecule has 0 heterocycles. The Kier molecular flexibility index (Phi) is 7.12. The summed E-state index contributed by atoms with van der Waals surface area (Å²) < 4.78 is 0. The number of rotatable bonds is 6. The second kappa shape index (κ2) is 11.9. The predicted octanol–water partition coefficient (Wildman–Crippen LogP) is 11.3. The Morgan fingerprint density at radius 3 is 1.30 bits per heavy atom. The highest BCUT2D eigenvalue weighted by Crippen LogP contribution is 2.39. The molecule has 0 amide bonds. The van der Waals surface area contributed by atoms with Gasteiger partial charge in [0, 0.05) is 44.9 Å². The zero-order chi connectivity index (χ0) is 30.9. The van der Waals surface area contributed by atoms with Crippen molar-refractivity contribution < 1.29 is 0 Å². The summed E-state index contributed by atoms with van der Waals surface area (Å²) in [6.45, 7) is 0. The lowest BCUT2D eigenvalue weighted by Crippen LogP contribution is -2.16. The third-order valence-electron chi connectivity index (χ3n) is 8.80. The molecule has 0 saturated carbocycles. The molecule has 0 N–H and O–H groups in total. The second-order valence-electron chi connectivity index (χ2n) is 11.6. The molecule has 0 spiro atoms. The van der Waals surface area contributed by atoms with Crippen molar-refractivity contribution in [1.29, 1.82) is 0 Å². The first-order valence-electron chi connectivity index (χ1n) is 15.8. The molecule has 0 fully saturated rings. The van der Waals surface area contributed by atoms with Crippen LogP contribution in [-0.4, -0.2) is 0 Å². The maximum atomic E-state index is 14.9. The van der Waals surface area contributed by atoms with Crippen LogP contribution in [0, 0.1) is 0 Å². The van der Waals surface area contributed by atoms with Crippen LogP contribution in [0.5, 0.6) is 0 Å². The van der Waals surface area contributed by atoms with E-state index in [1.165, 1.54) is 0 Å². The maximum absolute atomic E-state index is 14.9. The Bertz CT molecular complexity index is 2290. The average molecular weight is 593 g/mol. The summed E-state index contributed by atoms with van der Waals surface area (Å²) in [7, 11) is 0. The van der Waals surface area contributed by atoms with E-state index in [9.17, 15) is 4.79 Å². The first-order chi connectivity index (χ1) is 22.8. The summed E-state index contributed by atoms with van der Waals surface area (Å²) in [5.74, 6) is 0. The number of fused-ring (bicyclic) bond motifs is 5. The smallest absolute Gasteiger partial charge is 0.194 e. The van der Waals surface area contributed by atoms with Gasteiger partial charge in [0.05, 0.1) is 0 Å². The molecule has 7 aromatic rings. The summed E-state index contributed by atoms with van der Waals surface area (Å²) in [5, 5.41) is 5.42. The Labute approximate surface area is 268 Å². The number of nitrogens with zero attached hydrogens (tertiary/aromatic N) is 2. The van der Waals surface area contributed by atoms with E-state index < -0.39 is 0 Å². The van der Waals surface area contributed by atoms with Gasteiger partial charge < -0.3 is 9.80 Å². The van der Waals surface area contributed by atoms with Crippen molar-refractivity contribution in [3.05, 3.63) is 186 Å². The van der Waals surface area contributed by atoms with Gasteiger partial charge in [-0.15, -0.1) is 0 Å². The van der Waals surface area contributed by atoms with E-state index in [0.717, 1.165) is 68.5 Å². The molecular formula is C43H32N2O. The minimum atomic E-state index is 0.0205. The van der Waals surface area contributed by atoms with Crippen LogP contribution in [0.2, 0.25) is 0 Å². The van der Waals surface area contributed by atoms with Crippen LogP contribution >= 0.6 is 0 Å². The van der Waals surface area contributed by atoms with E-state index in [0.29, 0.717) is 10.8 Å². The molecule has 0 radical (unpaired) electrons. The normalized spacial score (nSPS) is 12.7. The van der Waals surface area contributed by atoms with Gasteiger partial charge in [0.1, 0.15) is 0 Å². The average Bonchev–Trinajstić information content (AvgIpc) is 3.23. The topological polar surface area (TPSA) is 23.6 Å². The van der Waals surface area contributed by atoms with Crippen LogP contribution in [0.25, 0.3) is 32.3 Å². The number of benzene rings is 6. The highest BCUT2D eigenvalue weighted by molar-refractivity contribution is 6.18. The largest absolute Gasteiger partial charge is 0.311 e. The van der Waals surface area contributed by atoms with Gasteiger partial charge in [-0.1, -0.05) is 103 Å². The van der Waals surface area contributed by atoms with Crippen molar-refractivity contribution in [2.45, 2.75) is 12.8 Å². The summed E-state index contributed by atoms with van der Waals surface area (Å²) in [6, 6.07) is 52.1. The molecule has 0 saturated heterocycles. The maximum Gasteiger partial charge on any atom is 0.194 e. The number of para-hydroxylation sites is 3. The first kappa shape index (κ1) is 27.6. The van der Waals surface area contributed by atoms with Crippen molar-refractivity contribution in [3.8, 4) is 0 Å². The molecule has 0 atom stereocenters. The quantitative estimate of drug-likeness (QED) is 0.192. The summed E-state index contributed by atoms with van der Waals surface area (Å²) in [5.41, 5.74) is 6.16. The standard InChI is InChI=1S/C43H32N2O/c46-43-41-29-35(44(31-15-5-1-6-16-31)32-17-7-2-8-18-32)25-27-39(41)37-23-13-14-24-38(37)40-28-26-36(30-42(40)43)45(33-19-9-3-10-20-33)34-21-11-4-12-22-34/h1-3,5-11,13-30H,4,12H2. The van der Waals surface area contributed by atoms with Gasteiger partial charge in [-0.05, 0) is 101 Å². The lowest BCUT2D eigenvalue weighted by Gasteiger charge is -2.27. The zero-order valence-corrected chi connectivity index (χ0v) is 25.4. The highest BCUT2D eigenvalue weighted by Gasteiger charge is 2.18. The predicted molar refractivity (Wildman–Crippen MR) is 195 cm³/mol. The molecule has 220 valence electrons. The van der Waals surface area contributed by atoms with Crippen molar-refractivity contribution >= 4 is 60.8 Å². The third kappa shape index (κ3) is 4.92. The molecule has 1 aliphatic carbocycles. The van der Waals surface area contributed by atoms with Gasteiger partial charge >= 0.3 is 0 Å². The second-order valence-corrected chi connectivity index (χ2v) is 11.6. The number of allylic oxidation sites excluding steroid dienone is 3. The van der Waals surface area contributed by atoms with Crippen LogP contribution in [0.4, 0.5) is 28.4 Å². The van der Waals surface area contributed by atoms with Crippen LogP contribution in [0.1, 0.15) is 12.8 Å². The van der Waals surface area contributed by atoms with Gasteiger partial charge in [0.25, 0.3) is 0 Å². The van der Waals surface area contributed by atoms with E-state index >= 15 is 0 Å². The molecule has 3 heteroatoms. The molecule has 7 aromatic carbocycles. The van der Waals surface area contributed by atoms with Crippen LogP contribution < -0.4 is 15.2 Å². The first-order valence-corrected chi connectivity index (χ1v) is 15.8. The molecule has 0 bridgehead atoms. The Morgan fingerprint density at radius 1 is 0.391 bits per heavy atom. The third-order valence-corrected chi connectivity index (χ3v) is 8.80. The van der Waals surface area contributed by atoms with Crippen molar-refractivity contribution in [3.63, 3.8) is 0 Å². The zero-order valence-electron chi connectivity index (χ0n) is 25.4. The van der Waals surface area contributed by atoms with E-state index in [1.54, 1.807) is 0 Å². The summed E-state index contributed by atoms with van der Waals surface area (Å²) in [4.78, 5) is 19.3. The van der Waals surface area contributed by atoms with Crippen molar-refractivity contribution in [2.75, 3.05) is 9.80 Å². The lowest BCUT2D eigenvalue weighted by atomic mass is 10.0. The van der Waals surface area contributed by atoms with Gasteiger partial charge in [0.15, 0.2) is 5.43 Å². The fraction of sp³-hybridized carbons (Fsp3) is 0.0465. The van der Waals surface area contributed by atoms with Gasteiger partial charge in [-0.2, -0.15) is 0 Å².